The Hall–Kier alpha value is -2.82. The number of hydrogen-bond acceptors (Lipinski definition) is 7. The average molecular weight is 479 g/mol. The highest BCUT2D eigenvalue weighted by Gasteiger charge is 2.26. The van der Waals surface area contributed by atoms with Crippen molar-refractivity contribution in [3.05, 3.63) is 47.5 Å². The van der Waals surface area contributed by atoms with Gasteiger partial charge in [0.15, 0.2) is 18.1 Å². The standard InChI is InChI=1S/C23H30N2O7S/c1-16-13-19(33(27,28)25-9-11-31-12-10-25)6-8-20(16)32-15-23(26)24-17(2)18-5-7-21(29-3)22(14-18)30-4/h5-8,13-14,17H,9-12,15H2,1-4H3,(H,24,26)/t17-/m1/s1. The van der Waals surface area contributed by atoms with Crippen molar-refractivity contribution >= 4 is 15.9 Å². The average Bonchev–Trinajstić information content (AvgIpc) is 2.83. The van der Waals surface area contributed by atoms with E-state index in [-0.39, 0.29) is 23.5 Å². The van der Waals surface area contributed by atoms with Crippen molar-refractivity contribution < 1.29 is 32.2 Å². The Labute approximate surface area is 194 Å². The van der Waals surface area contributed by atoms with Gasteiger partial charge in [-0.05, 0) is 55.3 Å². The summed E-state index contributed by atoms with van der Waals surface area (Å²) in [6.45, 7) is 4.84. The van der Waals surface area contributed by atoms with Gasteiger partial charge in [0.1, 0.15) is 5.75 Å². The molecule has 180 valence electrons. The van der Waals surface area contributed by atoms with Crippen molar-refractivity contribution in [2.24, 2.45) is 0 Å². The van der Waals surface area contributed by atoms with Crippen molar-refractivity contribution in [3.8, 4) is 17.2 Å². The molecule has 33 heavy (non-hydrogen) atoms. The van der Waals surface area contributed by atoms with Crippen LogP contribution in [0.3, 0.4) is 0 Å². The molecular formula is C23H30N2O7S. The summed E-state index contributed by atoms with van der Waals surface area (Å²) in [6.07, 6.45) is 0. The number of morpholine rings is 1. The highest BCUT2D eigenvalue weighted by Crippen LogP contribution is 2.30. The summed E-state index contributed by atoms with van der Waals surface area (Å²) in [5.74, 6) is 1.33. The maximum Gasteiger partial charge on any atom is 0.258 e. The molecule has 1 N–H and O–H groups in total. The molecule has 0 saturated carbocycles. The minimum absolute atomic E-state index is 0.195. The number of rotatable bonds is 9. The number of nitrogens with zero attached hydrogens (tertiary/aromatic N) is 1. The van der Waals surface area contributed by atoms with Gasteiger partial charge in [0.25, 0.3) is 5.91 Å². The van der Waals surface area contributed by atoms with E-state index in [4.69, 9.17) is 18.9 Å². The molecule has 2 aromatic rings. The molecule has 1 aliphatic heterocycles. The quantitative estimate of drug-likeness (QED) is 0.590. The summed E-state index contributed by atoms with van der Waals surface area (Å²) in [7, 11) is -0.474. The Bertz CT molecular complexity index is 1080. The molecule has 1 aliphatic rings. The van der Waals surface area contributed by atoms with Gasteiger partial charge in [-0.2, -0.15) is 4.31 Å². The van der Waals surface area contributed by atoms with Crippen LogP contribution in [0.4, 0.5) is 0 Å². The molecule has 1 saturated heterocycles. The van der Waals surface area contributed by atoms with E-state index < -0.39 is 10.0 Å². The van der Waals surface area contributed by atoms with Gasteiger partial charge in [-0.3, -0.25) is 4.79 Å². The Morgan fingerprint density at radius 2 is 1.73 bits per heavy atom. The minimum Gasteiger partial charge on any atom is -0.493 e. The first-order valence-electron chi connectivity index (χ1n) is 10.6. The molecule has 0 bridgehead atoms. The predicted octanol–water partition coefficient (Wildman–Crippen LogP) is 2.29. The number of methoxy groups -OCH3 is 2. The number of aryl methyl sites for hydroxylation is 1. The lowest BCUT2D eigenvalue weighted by Crippen LogP contribution is -2.40. The first-order chi connectivity index (χ1) is 15.8. The maximum atomic E-state index is 12.8. The van der Waals surface area contributed by atoms with Crippen LogP contribution in [0.25, 0.3) is 0 Å². The molecule has 0 aliphatic carbocycles. The normalized spacial score (nSPS) is 15.5. The third-order valence-electron chi connectivity index (χ3n) is 5.40. The molecule has 2 aromatic carbocycles. The Morgan fingerprint density at radius 3 is 2.36 bits per heavy atom. The van der Waals surface area contributed by atoms with Gasteiger partial charge in [0.2, 0.25) is 10.0 Å². The molecule has 9 nitrogen and oxygen atoms in total. The zero-order valence-corrected chi connectivity index (χ0v) is 20.1. The topological polar surface area (TPSA) is 103 Å². The second kappa shape index (κ2) is 10.9. The fourth-order valence-electron chi connectivity index (χ4n) is 3.51. The summed E-state index contributed by atoms with van der Waals surface area (Å²) >= 11 is 0. The van der Waals surface area contributed by atoms with Gasteiger partial charge >= 0.3 is 0 Å². The second-order valence-electron chi connectivity index (χ2n) is 7.64. The fourth-order valence-corrected chi connectivity index (χ4v) is 5.01. The smallest absolute Gasteiger partial charge is 0.258 e. The molecule has 3 rings (SSSR count). The monoisotopic (exact) mass is 478 g/mol. The number of benzene rings is 2. The van der Waals surface area contributed by atoms with Crippen LogP contribution in [0, 0.1) is 6.92 Å². The number of nitrogens with one attached hydrogen (secondary N) is 1. The molecular weight excluding hydrogens is 448 g/mol. The van der Waals surface area contributed by atoms with E-state index in [2.05, 4.69) is 5.32 Å². The van der Waals surface area contributed by atoms with Crippen molar-refractivity contribution in [3.63, 3.8) is 0 Å². The zero-order chi connectivity index (χ0) is 24.0. The van der Waals surface area contributed by atoms with E-state index in [1.165, 1.54) is 10.4 Å². The molecule has 0 radical (unpaired) electrons. The Morgan fingerprint density at radius 1 is 1.06 bits per heavy atom. The molecule has 1 fully saturated rings. The van der Waals surface area contributed by atoms with Crippen LogP contribution in [0.1, 0.15) is 24.1 Å². The van der Waals surface area contributed by atoms with Crippen LogP contribution in [0.5, 0.6) is 17.2 Å². The van der Waals surface area contributed by atoms with Gasteiger partial charge in [0.05, 0.1) is 38.4 Å². The number of amides is 1. The van der Waals surface area contributed by atoms with Gasteiger partial charge < -0.3 is 24.3 Å². The molecule has 0 spiro atoms. The molecule has 1 atom stereocenters. The fraction of sp³-hybridized carbons (Fsp3) is 0.435. The number of hydrogen-bond donors (Lipinski definition) is 1. The van der Waals surface area contributed by atoms with E-state index in [0.717, 1.165) is 5.56 Å². The molecule has 10 heteroatoms. The van der Waals surface area contributed by atoms with Crippen LogP contribution in [0.15, 0.2) is 41.3 Å². The lowest BCUT2D eigenvalue weighted by molar-refractivity contribution is -0.123. The summed E-state index contributed by atoms with van der Waals surface area (Å²) in [6, 6.07) is 9.80. The van der Waals surface area contributed by atoms with Crippen LogP contribution in [-0.2, 0) is 19.6 Å². The van der Waals surface area contributed by atoms with Gasteiger partial charge in [-0.15, -0.1) is 0 Å². The van der Waals surface area contributed by atoms with Crippen LogP contribution < -0.4 is 19.5 Å². The number of carbonyl (C=O) groups is 1. The lowest BCUT2D eigenvalue weighted by atomic mass is 10.1. The van der Waals surface area contributed by atoms with Gasteiger partial charge in [0, 0.05) is 13.1 Å². The lowest BCUT2D eigenvalue weighted by Gasteiger charge is -2.26. The van der Waals surface area contributed by atoms with Crippen molar-refractivity contribution in [1.29, 1.82) is 0 Å². The highest BCUT2D eigenvalue weighted by molar-refractivity contribution is 7.89. The van der Waals surface area contributed by atoms with E-state index in [1.807, 2.05) is 19.1 Å². The van der Waals surface area contributed by atoms with Crippen LogP contribution in [-0.4, -0.2) is 65.8 Å². The number of ether oxygens (including phenoxy) is 4. The van der Waals surface area contributed by atoms with E-state index in [0.29, 0.717) is 49.1 Å². The van der Waals surface area contributed by atoms with E-state index in [1.54, 1.807) is 39.3 Å². The first-order valence-corrected chi connectivity index (χ1v) is 12.0. The number of carbonyl (C=O) groups excluding carboxylic acids is 1. The molecule has 0 unspecified atom stereocenters. The summed E-state index contributed by atoms with van der Waals surface area (Å²) in [5, 5.41) is 2.88. The summed E-state index contributed by atoms with van der Waals surface area (Å²) in [4.78, 5) is 12.6. The highest BCUT2D eigenvalue weighted by atomic mass is 32.2. The van der Waals surface area contributed by atoms with Crippen LogP contribution in [0.2, 0.25) is 0 Å². The second-order valence-corrected chi connectivity index (χ2v) is 9.57. The molecule has 1 amide bonds. The van der Waals surface area contributed by atoms with Gasteiger partial charge in [-0.1, -0.05) is 6.07 Å². The third-order valence-corrected chi connectivity index (χ3v) is 7.29. The van der Waals surface area contributed by atoms with E-state index >= 15 is 0 Å². The largest absolute Gasteiger partial charge is 0.493 e. The van der Waals surface area contributed by atoms with E-state index in [9.17, 15) is 13.2 Å². The number of sulfonamides is 1. The molecule has 0 aromatic heterocycles. The Balaban J connectivity index is 1.60. The molecule has 1 heterocycles. The minimum atomic E-state index is -3.59. The third kappa shape index (κ3) is 5.95. The maximum absolute atomic E-state index is 12.8. The predicted molar refractivity (Wildman–Crippen MR) is 122 cm³/mol. The van der Waals surface area contributed by atoms with Crippen molar-refractivity contribution in [2.45, 2.75) is 24.8 Å². The Kier molecular flexibility index (Phi) is 8.17. The zero-order valence-electron chi connectivity index (χ0n) is 19.3. The SMILES string of the molecule is COc1ccc([C@@H](C)NC(=O)COc2ccc(S(=O)(=O)N3CCOCC3)cc2C)cc1OC. The van der Waals surface area contributed by atoms with Gasteiger partial charge in [-0.25, -0.2) is 8.42 Å². The summed E-state index contributed by atoms with van der Waals surface area (Å²) in [5.41, 5.74) is 1.49. The first kappa shape index (κ1) is 24.8. The summed E-state index contributed by atoms with van der Waals surface area (Å²) < 4.78 is 48.4. The van der Waals surface area contributed by atoms with Crippen molar-refractivity contribution in [2.75, 3.05) is 47.1 Å². The van der Waals surface area contributed by atoms with Crippen molar-refractivity contribution in [1.82, 2.24) is 9.62 Å². The van der Waals surface area contributed by atoms with Crippen LogP contribution >= 0.6 is 0 Å².